The normalized spacial score (nSPS) is 13.0. The van der Waals surface area contributed by atoms with Crippen LogP contribution in [0.1, 0.15) is 24.2 Å². The van der Waals surface area contributed by atoms with Crippen molar-refractivity contribution < 1.29 is 9.94 Å². The first-order valence-electron chi connectivity index (χ1n) is 5.86. The SMILES string of the molecule is CC(Oc1cnccc1/C(N)=N/O)c1ccccc1. The van der Waals surface area contributed by atoms with Gasteiger partial charge < -0.3 is 15.7 Å². The molecular weight excluding hydrogens is 242 g/mol. The van der Waals surface area contributed by atoms with Gasteiger partial charge in [0.25, 0.3) is 0 Å². The molecule has 98 valence electrons. The summed E-state index contributed by atoms with van der Waals surface area (Å²) < 4.78 is 5.82. The van der Waals surface area contributed by atoms with Gasteiger partial charge >= 0.3 is 0 Å². The fraction of sp³-hybridized carbons (Fsp3) is 0.143. The Kier molecular flexibility index (Phi) is 3.97. The lowest BCUT2D eigenvalue weighted by atomic mass is 10.1. The largest absolute Gasteiger partial charge is 0.484 e. The molecule has 0 amide bonds. The summed E-state index contributed by atoms with van der Waals surface area (Å²) >= 11 is 0. The first kappa shape index (κ1) is 12.9. The lowest BCUT2D eigenvalue weighted by Gasteiger charge is -2.16. The Bertz CT molecular complexity index is 570. The first-order valence-corrected chi connectivity index (χ1v) is 5.86. The van der Waals surface area contributed by atoms with E-state index in [1.807, 2.05) is 37.3 Å². The van der Waals surface area contributed by atoms with Crippen LogP contribution >= 0.6 is 0 Å². The minimum atomic E-state index is -0.157. The highest BCUT2D eigenvalue weighted by Crippen LogP contribution is 2.24. The number of hydrogen-bond acceptors (Lipinski definition) is 4. The van der Waals surface area contributed by atoms with Crippen molar-refractivity contribution in [2.75, 3.05) is 0 Å². The molecule has 0 bridgehead atoms. The van der Waals surface area contributed by atoms with Crippen LogP contribution < -0.4 is 10.5 Å². The Balaban J connectivity index is 2.24. The minimum Gasteiger partial charge on any atom is -0.484 e. The fourth-order valence-electron chi connectivity index (χ4n) is 1.72. The van der Waals surface area contributed by atoms with E-state index in [-0.39, 0.29) is 11.9 Å². The van der Waals surface area contributed by atoms with E-state index in [2.05, 4.69) is 10.1 Å². The number of amidine groups is 1. The number of nitrogens with zero attached hydrogens (tertiary/aromatic N) is 2. The van der Waals surface area contributed by atoms with E-state index in [0.717, 1.165) is 5.56 Å². The van der Waals surface area contributed by atoms with E-state index < -0.39 is 0 Å². The topological polar surface area (TPSA) is 80.7 Å². The number of benzene rings is 1. The predicted octanol–water partition coefficient (Wildman–Crippen LogP) is 2.32. The van der Waals surface area contributed by atoms with Crippen molar-refractivity contribution in [3.8, 4) is 5.75 Å². The van der Waals surface area contributed by atoms with E-state index >= 15 is 0 Å². The molecule has 1 atom stereocenters. The van der Waals surface area contributed by atoms with Gasteiger partial charge in [-0.25, -0.2) is 0 Å². The van der Waals surface area contributed by atoms with Gasteiger partial charge in [-0.3, -0.25) is 4.98 Å². The number of rotatable bonds is 4. The molecule has 1 aromatic carbocycles. The highest BCUT2D eigenvalue weighted by atomic mass is 16.5. The van der Waals surface area contributed by atoms with Gasteiger partial charge in [0.2, 0.25) is 0 Å². The molecule has 0 aliphatic carbocycles. The summed E-state index contributed by atoms with van der Waals surface area (Å²) in [6.45, 7) is 1.93. The molecule has 1 unspecified atom stereocenters. The Morgan fingerprint density at radius 2 is 2.05 bits per heavy atom. The quantitative estimate of drug-likeness (QED) is 0.381. The van der Waals surface area contributed by atoms with Gasteiger partial charge in [-0.05, 0) is 18.6 Å². The zero-order chi connectivity index (χ0) is 13.7. The maximum absolute atomic E-state index is 8.75. The number of pyridine rings is 1. The molecule has 1 heterocycles. The second-order valence-electron chi connectivity index (χ2n) is 4.03. The lowest BCUT2D eigenvalue weighted by molar-refractivity contribution is 0.225. The van der Waals surface area contributed by atoms with E-state index in [9.17, 15) is 0 Å². The average molecular weight is 257 g/mol. The van der Waals surface area contributed by atoms with Crippen molar-refractivity contribution in [1.29, 1.82) is 0 Å². The Hall–Kier alpha value is -2.56. The first-order chi connectivity index (χ1) is 9.22. The summed E-state index contributed by atoms with van der Waals surface area (Å²) in [4.78, 5) is 3.99. The smallest absolute Gasteiger partial charge is 0.173 e. The van der Waals surface area contributed by atoms with Crippen LogP contribution in [0.4, 0.5) is 0 Å². The second kappa shape index (κ2) is 5.86. The van der Waals surface area contributed by atoms with Gasteiger partial charge in [-0.2, -0.15) is 0 Å². The summed E-state index contributed by atoms with van der Waals surface area (Å²) in [5.41, 5.74) is 7.15. The Morgan fingerprint density at radius 3 is 2.74 bits per heavy atom. The number of aromatic nitrogens is 1. The molecule has 0 saturated carbocycles. The van der Waals surface area contributed by atoms with Gasteiger partial charge in [-0.15, -0.1) is 0 Å². The summed E-state index contributed by atoms with van der Waals surface area (Å²) in [6, 6.07) is 11.4. The van der Waals surface area contributed by atoms with Gasteiger partial charge in [0.1, 0.15) is 11.9 Å². The minimum absolute atomic E-state index is 0.00217. The monoisotopic (exact) mass is 257 g/mol. The zero-order valence-corrected chi connectivity index (χ0v) is 10.5. The van der Waals surface area contributed by atoms with E-state index in [1.54, 1.807) is 18.5 Å². The molecule has 1 aromatic heterocycles. The van der Waals surface area contributed by atoms with Crippen LogP contribution in [-0.2, 0) is 0 Å². The molecule has 0 spiro atoms. The molecule has 2 aromatic rings. The van der Waals surface area contributed by atoms with Crippen LogP contribution in [0.3, 0.4) is 0 Å². The third-order valence-electron chi connectivity index (χ3n) is 2.74. The van der Waals surface area contributed by atoms with Crippen LogP contribution in [0.2, 0.25) is 0 Å². The van der Waals surface area contributed by atoms with Crippen molar-refractivity contribution in [3.05, 3.63) is 59.9 Å². The van der Waals surface area contributed by atoms with E-state index in [4.69, 9.17) is 15.7 Å². The number of ether oxygens (including phenoxy) is 1. The highest BCUT2D eigenvalue weighted by molar-refractivity contribution is 5.99. The van der Waals surface area contributed by atoms with Crippen molar-refractivity contribution in [3.63, 3.8) is 0 Å². The molecule has 2 rings (SSSR count). The van der Waals surface area contributed by atoms with E-state index in [0.29, 0.717) is 11.3 Å². The molecule has 3 N–H and O–H groups in total. The number of hydrogen-bond donors (Lipinski definition) is 2. The number of oxime groups is 1. The molecule has 19 heavy (non-hydrogen) atoms. The van der Waals surface area contributed by atoms with Crippen molar-refractivity contribution in [2.45, 2.75) is 13.0 Å². The molecular formula is C14H15N3O2. The number of nitrogens with two attached hydrogens (primary N) is 1. The summed E-state index contributed by atoms with van der Waals surface area (Å²) in [6.07, 6.45) is 2.95. The van der Waals surface area contributed by atoms with E-state index in [1.165, 1.54) is 0 Å². The zero-order valence-electron chi connectivity index (χ0n) is 10.5. The lowest BCUT2D eigenvalue weighted by Crippen LogP contribution is -2.16. The highest BCUT2D eigenvalue weighted by Gasteiger charge is 2.12. The molecule has 5 nitrogen and oxygen atoms in total. The fourth-order valence-corrected chi connectivity index (χ4v) is 1.72. The van der Waals surface area contributed by atoms with Gasteiger partial charge in [0.05, 0.1) is 11.8 Å². The maximum atomic E-state index is 8.75. The van der Waals surface area contributed by atoms with Crippen LogP contribution in [0, 0.1) is 0 Å². The van der Waals surface area contributed by atoms with Gasteiger partial charge in [-0.1, -0.05) is 35.5 Å². The third-order valence-corrected chi connectivity index (χ3v) is 2.74. The van der Waals surface area contributed by atoms with Crippen LogP contribution in [0.15, 0.2) is 53.9 Å². The summed E-state index contributed by atoms with van der Waals surface area (Å²) in [7, 11) is 0. The van der Waals surface area contributed by atoms with Crippen LogP contribution in [0.5, 0.6) is 5.75 Å². The summed E-state index contributed by atoms with van der Waals surface area (Å²) in [5, 5.41) is 11.7. The van der Waals surface area contributed by atoms with Gasteiger partial charge in [0, 0.05) is 6.20 Å². The standard InChI is InChI=1S/C14H15N3O2/c1-10(11-5-3-2-4-6-11)19-13-9-16-8-7-12(13)14(15)17-18/h2-10,18H,1H3,(H2,15,17). The third kappa shape index (κ3) is 3.01. The van der Waals surface area contributed by atoms with Crippen molar-refractivity contribution in [2.24, 2.45) is 10.9 Å². The predicted molar refractivity (Wildman–Crippen MR) is 72.2 cm³/mol. The molecule has 0 saturated heterocycles. The van der Waals surface area contributed by atoms with Crippen LogP contribution in [0.25, 0.3) is 0 Å². The molecule has 0 fully saturated rings. The Labute approximate surface area is 111 Å². The van der Waals surface area contributed by atoms with Crippen LogP contribution in [-0.4, -0.2) is 16.0 Å². The maximum Gasteiger partial charge on any atom is 0.173 e. The molecule has 0 aliphatic heterocycles. The summed E-state index contributed by atoms with van der Waals surface area (Å²) in [5.74, 6) is 0.479. The van der Waals surface area contributed by atoms with Crippen molar-refractivity contribution in [1.82, 2.24) is 4.98 Å². The molecule has 0 aliphatic rings. The Morgan fingerprint density at radius 1 is 1.32 bits per heavy atom. The average Bonchev–Trinajstić information content (AvgIpc) is 2.48. The second-order valence-corrected chi connectivity index (χ2v) is 4.03. The molecule has 5 heteroatoms. The van der Waals surface area contributed by atoms with Crippen molar-refractivity contribution >= 4 is 5.84 Å². The molecule has 0 radical (unpaired) electrons. The van der Waals surface area contributed by atoms with Gasteiger partial charge in [0.15, 0.2) is 5.84 Å².